The molecule has 0 unspecified atom stereocenters. The normalized spacial score (nSPS) is 11.6. The number of rotatable bonds is 6. The van der Waals surface area contributed by atoms with Crippen LogP contribution in [0.1, 0.15) is 16.7 Å². The molecule has 0 aliphatic carbocycles. The van der Waals surface area contributed by atoms with Crippen LogP contribution >= 0.6 is 24.0 Å². The lowest BCUT2D eigenvalue weighted by Crippen LogP contribution is -2.37. The first-order valence-corrected chi connectivity index (χ1v) is 10.2. The molecule has 2 N–H and O–H groups in total. The van der Waals surface area contributed by atoms with Crippen molar-refractivity contribution in [3.63, 3.8) is 0 Å². The summed E-state index contributed by atoms with van der Waals surface area (Å²) in [7, 11) is -1.55. The molecule has 2 aromatic carbocycles. The average Bonchev–Trinajstić information content (AvgIpc) is 2.58. The number of sulfone groups is 1. The molecule has 0 saturated carbocycles. The number of aryl methyl sites for hydroxylation is 1. The van der Waals surface area contributed by atoms with Crippen LogP contribution in [0.25, 0.3) is 0 Å². The Kier molecular flexibility index (Phi) is 9.17. The SMILES string of the molecule is CN=C(NCCc1ccccc1F)NCc1ccc(S(C)(=O)=O)c(C)c1.I. The Bertz CT molecular complexity index is 902. The molecule has 0 amide bonds. The third kappa shape index (κ3) is 7.10. The van der Waals surface area contributed by atoms with E-state index in [4.69, 9.17) is 0 Å². The average molecular weight is 505 g/mol. The van der Waals surface area contributed by atoms with Crippen molar-refractivity contribution < 1.29 is 12.8 Å². The van der Waals surface area contributed by atoms with Gasteiger partial charge in [0, 0.05) is 26.4 Å². The van der Waals surface area contributed by atoms with Crippen molar-refractivity contribution in [2.24, 2.45) is 4.99 Å². The summed E-state index contributed by atoms with van der Waals surface area (Å²) in [5.74, 6) is 0.393. The van der Waals surface area contributed by atoms with Gasteiger partial charge in [-0.15, -0.1) is 24.0 Å². The molecule has 0 bridgehead atoms. The summed E-state index contributed by atoms with van der Waals surface area (Å²) >= 11 is 0. The van der Waals surface area contributed by atoms with Gasteiger partial charge in [0.2, 0.25) is 0 Å². The highest BCUT2D eigenvalue weighted by molar-refractivity contribution is 14.0. The van der Waals surface area contributed by atoms with Crippen LogP contribution in [0.2, 0.25) is 0 Å². The highest BCUT2D eigenvalue weighted by Gasteiger charge is 2.11. The third-order valence-corrected chi connectivity index (χ3v) is 5.22. The van der Waals surface area contributed by atoms with Crippen LogP contribution in [0.15, 0.2) is 52.4 Å². The van der Waals surface area contributed by atoms with Crippen LogP contribution in [-0.2, 0) is 22.8 Å². The van der Waals surface area contributed by atoms with Gasteiger partial charge in [-0.05, 0) is 42.2 Å². The summed E-state index contributed by atoms with van der Waals surface area (Å²) in [6.07, 6.45) is 1.75. The van der Waals surface area contributed by atoms with Crippen LogP contribution in [0.3, 0.4) is 0 Å². The van der Waals surface area contributed by atoms with Crippen molar-refractivity contribution in [3.8, 4) is 0 Å². The Morgan fingerprint density at radius 1 is 1.15 bits per heavy atom. The number of benzene rings is 2. The maximum Gasteiger partial charge on any atom is 0.191 e. The monoisotopic (exact) mass is 505 g/mol. The predicted octanol–water partition coefficient (Wildman–Crippen LogP) is 3.06. The molecule has 0 aromatic heterocycles. The van der Waals surface area contributed by atoms with Gasteiger partial charge in [-0.3, -0.25) is 4.99 Å². The lowest BCUT2D eigenvalue weighted by atomic mass is 10.1. The molecule has 27 heavy (non-hydrogen) atoms. The van der Waals surface area contributed by atoms with Crippen LogP contribution in [-0.4, -0.2) is 34.2 Å². The maximum atomic E-state index is 13.6. The molecule has 0 radical (unpaired) electrons. The van der Waals surface area contributed by atoms with E-state index in [1.54, 1.807) is 38.2 Å². The van der Waals surface area contributed by atoms with Gasteiger partial charge in [-0.25, -0.2) is 12.8 Å². The van der Waals surface area contributed by atoms with Gasteiger partial charge >= 0.3 is 0 Å². The van der Waals surface area contributed by atoms with Crippen LogP contribution in [0, 0.1) is 12.7 Å². The molecule has 0 aliphatic rings. The minimum absolute atomic E-state index is 0. The Hall–Kier alpha value is -1.68. The highest BCUT2D eigenvalue weighted by Crippen LogP contribution is 2.16. The van der Waals surface area contributed by atoms with Crippen molar-refractivity contribution in [2.45, 2.75) is 24.8 Å². The fourth-order valence-electron chi connectivity index (χ4n) is 2.66. The number of guanidine groups is 1. The van der Waals surface area contributed by atoms with Gasteiger partial charge in [0.25, 0.3) is 0 Å². The molecule has 0 spiro atoms. The minimum atomic E-state index is -3.22. The van der Waals surface area contributed by atoms with Crippen molar-refractivity contribution >= 4 is 39.8 Å². The van der Waals surface area contributed by atoms with E-state index in [2.05, 4.69) is 15.6 Å². The first-order valence-electron chi connectivity index (χ1n) is 8.29. The number of halogens is 2. The third-order valence-electron chi connectivity index (χ3n) is 3.97. The molecule has 148 valence electrons. The Balaban J connectivity index is 0.00000364. The molecule has 0 fully saturated rings. The van der Waals surface area contributed by atoms with Gasteiger partial charge in [0.15, 0.2) is 15.8 Å². The van der Waals surface area contributed by atoms with Crippen LogP contribution in [0.4, 0.5) is 4.39 Å². The number of hydrogen-bond acceptors (Lipinski definition) is 3. The van der Waals surface area contributed by atoms with E-state index in [1.165, 1.54) is 12.3 Å². The first kappa shape index (κ1) is 23.4. The first-order chi connectivity index (χ1) is 12.3. The lowest BCUT2D eigenvalue weighted by molar-refractivity contribution is 0.601. The molecule has 8 heteroatoms. The standard InChI is InChI=1S/C19H24FN3O2S.HI/c1-14-12-15(8-9-18(14)26(3,24)25)13-23-19(21-2)22-11-10-16-6-4-5-7-17(16)20;/h4-9,12H,10-11,13H2,1-3H3,(H2,21,22,23);1H. The largest absolute Gasteiger partial charge is 0.356 e. The molecule has 2 aromatic rings. The summed E-state index contributed by atoms with van der Waals surface area (Å²) in [5.41, 5.74) is 2.32. The van der Waals surface area contributed by atoms with Crippen molar-refractivity contribution in [1.29, 1.82) is 0 Å². The van der Waals surface area contributed by atoms with Crippen molar-refractivity contribution in [1.82, 2.24) is 10.6 Å². The predicted molar refractivity (Wildman–Crippen MR) is 118 cm³/mol. The van der Waals surface area contributed by atoms with E-state index in [1.807, 2.05) is 12.1 Å². The lowest BCUT2D eigenvalue weighted by Gasteiger charge is -2.13. The Labute approximate surface area is 177 Å². The van der Waals surface area contributed by atoms with E-state index >= 15 is 0 Å². The molecular weight excluding hydrogens is 480 g/mol. The maximum absolute atomic E-state index is 13.6. The topological polar surface area (TPSA) is 70.6 Å². The second-order valence-corrected chi connectivity index (χ2v) is 8.05. The van der Waals surface area contributed by atoms with E-state index < -0.39 is 9.84 Å². The van der Waals surface area contributed by atoms with Gasteiger partial charge in [-0.1, -0.05) is 30.3 Å². The smallest absolute Gasteiger partial charge is 0.191 e. The molecule has 0 atom stereocenters. The highest BCUT2D eigenvalue weighted by atomic mass is 127. The quantitative estimate of drug-likeness (QED) is 0.360. The number of nitrogens with zero attached hydrogens (tertiary/aromatic N) is 1. The van der Waals surface area contributed by atoms with E-state index in [0.29, 0.717) is 41.5 Å². The zero-order valence-corrected chi connectivity index (χ0v) is 18.8. The molecule has 0 heterocycles. The summed E-state index contributed by atoms with van der Waals surface area (Å²) < 4.78 is 36.9. The van der Waals surface area contributed by atoms with Crippen LogP contribution < -0.4 is 10.6 Å². The summed E-state index contributed by atoms with van der Waals surface area (Å²) in [6, 6.07) is 11.9. The van der Waals surface area contributed by atoms with Gasteiger partial charge in [0.1, 0.15) is 5.82 Å². The van der Waals surface area contributed by atoms with E-state index in [9.17, 15) is 12.8 Å². The Morgan fingerprint density at radius 2 is 1.85 bits per heavy atom. The fraction of sp³-hybridized carbons (Fsp3) is 0.316. The summed E-state index contributed by atoms with van der Waals surface area (Å²) in [5, 5.41) is 6.31. The second-order valence-electron chi connectivity index (χ2n) is 6.07. The minimum Gasteiger partial charge on any atom is -0.356 e. The van der Waals surface area contributed by atoms with Gasteiger partial charge < -0.3 is 10.6 Å². The van der Waals surface area contributed by atoms with Gasteiger partial charge in [0.05, 0.1) is 4.90 Å². The van der Waals surface area contributed by atoms with E-state index in [0.717, 1.165) is 5.56 Å². The van der Waals surface area contributed by atoms with Gasteiger partial charge in [-0.2, -0.15) is 0 Å². The summed E-state index contributed by atoms with van der Waals surface area (Å²) in [6.45, 7) is 2.83. The van der Waals surface area contributed by atoms with E-state index in [-0.39, 0.29) is 29.8 Å². The number of aliphatic imine (C=N–C) groups is 1. The zero-order valence-electron chi connectivity index (χ0n) is 15.6. The second kappa shape index (κ2) is 10.6. The molecule has 5 nitrogen and oxygen atoms in total. The molecule has 0 aliphatic heterocycles. The van der Waals surface area contributed by atoms with Crippen LogP contribution in [0.5, 0.6) is 0 Å². The fourth-order valence-corrected chi connectivity index (χ4v) is 3.62. The molecule has 2 rings (SSSR count). The van der Waals surface area contributed by atoms with Crippen molar-refractivity contribution in [2.75, 3.05) is 19.8 Å². The molecular formula is C19H25FIN3O2S. The molecule has 0 saturated heterocycles. The van der Waals surface area contributed by atoms with Crippen molar-refractivity contribution in [3.05, 3.63) is 65.0 Å². The summed E-state index contributed by atoms with van der Waals surface area (Å²) in [4.78, 5) is 4.48. The number of nitrogens with one attached hydrogen (secondary N) is 2. The zero-order chi connectivity index (χ0) is 19.2. The Morgan fingerprint density at radius 3 is 2.44 bits per heavy atom. The number of hydrogen-bond donors (Lipinski definition) is 2.